The first-order valence-corrected chi connectivity index (χ1v) is 13.0. The summed E-state index contributed by atoms with van der Waals surface area (Å²) < 4.78 is 33.7. The van der Waals surface area contributed by atoms with Crippen molar-refractivity contribution >= 4 is 39.1 Å². The number of anilines is 1. The van der Waals surface area contributed by atoms with Gasteiger partial charge in [-0.15, -0.1) is 0 Å². The van der Waals surface area contributed by atoms with Crippen molar-refractivity contribution in [3.05, 3.63) is 53.1 Å². The minimum absolute atomic E-state index is 0.0809. The highest BCUT2D eigenvalue weighted by Crippen LogP contribution is 2.36. The molecule has 2 aromatic carbocycles. The van der Waals surface area contributed by atoms with E-state index >= 15 is 0 Å². The molecular formula is C24H28ClN3O5S. The SMILES string of the molecule is C[C@@H]1C[C@@H](C)CN(S(=O)(=O)c2ccc3c(c2)N(CC(=O)NCc2ccc(Cl)cc2)C(=O)CO3)C1. The third-order valence-corrected chi connectivity index (χ3v) is 8.13. The van der Waals surface area contributed by atoms with Crippen LogP contribution >= 0.6 is 11.6 Å². The van der Waals surface area contributed by atoms with E-state index in [4.69, 9.17) is 16.3 Å². The molecule has 182 valence electrons. The summed E-state index contributed by atoms with van der Waals surface area (Å²) in [5.41, 5.74) is 1.14. The van der Waals surface area contributed by atoms with Crippen LogP contribution in [0, 0.1) is 11.8 Å². The minimum Gasteiger partial charge on any atom is -0.482 e. The lowest BCUT2D eigenvalue weighted by molar-refractivity contribution is -0.125. The Morgan fingerprint density at radius 2 is 1.79 bits per heavy atom. The lowest BCUT2D eigenvalue weighted by Crippen LogP contribution is -2.45. The number of benzene rings is 2. The van der Waals surface area contributed by atoms with E-state index in [1.165, 1.54) is 21.3 Å². The predicted octanol–water partition coefficient (Wildman–Crippen LogP) is 3.05. The van der Waals surface area contributed by atoms with Crippen molar-refractivity contribution in [2.45, 2.75) is 31.7 Å². The zero-order valence-corrected chi connectivity index (χ0v) is 20.7. The molecule has 2 amide bonds. The number of ether oxygens (including phenoxy) is 1. The summed E-state index contributed by atoms with van der Waals surface area (Å²) in [5, 5.41) is 3.38. The molecule has 0 saturated carbocycles. The van der Waals surface area contributed by atoms with Crippen molar-refractivity contribution in [2.75, 3.05) is 31.1 Å². The first kappa shape index (κ1) is 24.5. The molecule has 2 aromatic rings. The predicted molar refractivity (Wildman–Crippen MR) is 129 cm³/mol. The lowest BCUT2D eigenvalue weighted by atomic mass is 9.94. The molecule has 2 aliphatic rings. The molecule has 0 aromatic heterocycles. The summed E-state index contributed by atoms with van der Waals surface area (Å²) in [6.07, 6.45) is 0.984. The Hall–Kier alpha value is -2.62. The van der Waals surface area contributed by atoms with Crippen molar-refractivity contribution in [1.82, 2.24) is 9.62 Å². The van der Waals surface area contributed by atoms with Crippen molar-refractivity contribution < 1.29 is 22.7 Å². The zero-order valence-electron chi connectivity index (χ0n) is 19.2. The summed E-state index contributed by atoms with van der Waals surface area (Å²) in [6.45, 7) is 4.81. The number of hydrogen-bond acceptors (Lipinski definition) is 5. The molecule has 0 bridgehead atoms. The molecule has 1 saturated heterocycles. The maximum Gasteiger partial charge on any atom is 0.265 e. The summed E-state index contributed by atoms with van der Waals surface area (Å²) in [5.74, 6) is 0.111. The number of nitrogens with one attached hydrogen (secondary N) is 1. The van der Waals surface area contributed by atoms with Crippen LogP contribution in [-0.4, -0.2) is 50.8 Å². The Morgan fingerprint density at radius 1 is 1.12 bits per heavy atom. The van der Waals surface area contributed by atoms with Gasteiger partial charge < -0.3 is 10.1 Å². The Kier molecular flexibility index (Phi) is 7.16. The fourth-order valence-electron chi connectivity index (χ4n) is 4.47. The van der Waals surface area contributed by atoms with E-state index in [1.54, 1.807) is 30.3 Å². The number of piperidine rings is 1. The number of rotatable bonds is 6. The molecule has 0 spiro atoms. The number of sulfonamides is 1. The first-order chi connectivity index (χ1) is 16.1. The summed E-state index contributed by atoms with van der Waals surface area (Å²) in [4.78, 5) is 26.6. The van der Waals surface area contributed by atoms with Crippen molar-refractivity contribution in [3.63, 3.8) is 0 Å². The third kappa shape index (κ3) is 5.37. The molecule has 2 atom stereocenters. The van der Waals surface area contributed by atoms with E-state index in [2.05, 4.69) is 5.32 Å². The van der Waals surface area contributed by atoms with Crippen LogP contribution in [0.5, 0.6) is 5.75 Å². The number of halogens is 1. The van der Waals surface area contributed by atoms with Crippen LogP contribution in [0.15, 0.2) is 47.4 Å². The van der Waals surface area contributed by atoms with Gasteiger partial charge in [0.1, 0.15) is 12.3 Å². The Bertz CT molecular complexity index is 1180. The maximum atomic E-state index is 13.4. The average molecular weight is 506 g/mol. The van der Waals surface area contributed by atoms with Crippen molar-refractivity contribution in [1.29, 1.82) is 0 Å². The molecule has 1 N–H and O–H groups in total. The quantitative estimate of drug-likeness (QED) is 0.651. The minimum atomic E-state index is -3.75. The highest BCUT2D eigenvalue weighted by molar-refractivity contribution is 7.89. The van der Waals surface area contributed by atoms with E-state index in [-0.39, 0.29) is 48.0 Å². The molecule has 34 heavy (non-hydrogen) atoms. The molecule has 0 radical (unpaired) electrons. The normalized spacial score (nSPS) is 21.0. The fraction of sp³-hybridized carbons (Fsp3) is 0.417. The molecule has 8 nitrogen and oxygen atoms in total. The van der Waals surface area contributed by atoms with Crippen LogP contribution in [0.3, 0.4) is 0 Å². The fourth-order valence-corrected chi connectivity index (χ4v) is 6.30. The number of nitrogens with zero attached hydrogens (tertiary/aromatic N) is 2. The monoisotopic (exact) mass is 505 g/mol. The number of hydrogen-bond donors (Lipinski definition) is 1. The van der Waals surface area contributed by atoms with Gasteiger partial charge in [-0.3, -0.25) is 14.5 Å². The summed E-state index contributed by atoms with van der Waals surface area (Å²) >= 11 is 5.89. The van der Waals surface area contributed by atoms with Gasteiger partial charge >= 0.3 is 0 Å². The summed E-state index contributed by atoms with van der Waals surface area (Å²) in [6, 6.07) is 11.5. The molecule has 10 heteroatoms. The molecule has 0 aliphatic carbocycles. The topological polar surface area (TPSA) is 96.0 Å². The van der Waals surface area contributed by atoms with Gasteiger partial charge in [0.15, 0.2) is 6.61 Å². The molecule has 2 aliphatic heterocycles. The van der Waals surface area contributed by atoms with Gasteiger partial charge in [0.2, 0.25) is 15.9 Å². The van der Waals surface area contributed by atoms with Crippen molar-refractivity contribution in [3.8, 4) is 5.75 Å². The number of carbonyl (C=O) groups is 2. The van der Waals surface area contributed by atoms with E-state index in [9.17, 15) is 18.0 Å². The molecular weight excluding hydrogens is 478 g/mol. The number of amides is 2. The van der Waals surface area contributed by atoms with E-state index in [1.807, 2.05) is 13.8 Å². The Labute approximate surface area is 204 Å². The third-order valence-electron chi connectivity index (χ3n) is 6.05. The van der Waals surface area contributed by atoms with E-state index < -0.39 is 15.9 Å². The van der Waals surface area contributed by atoms with E-state index in [0.29, 0.717) is 23.9 Å². The zero-order chi connectivity index (χ0) is 24.5. The van der Waals surface area contributed by atoms with Gasteiger partial charge in [-0.2, -0.15) is 4.31 Å². The number of fused-ring (bicyclic) bond motifs is 1. The van der Waals surface area contributed by atoms with Gasteiger partial charge in [0.25, 0.3) is 5.91 Å². The first-order valence-electron chi connectivity index (χ1n) is 11.2. The molecule has 1 fully saturated rings. The van der Waals surface area contributed by atoms with Crippen LogP contribution in [0.1, 0.15) is 25.8 Å². The van der Waals surface area contributed by atoms with Crippen LogP contribution in [0.4, 0.5) is 5.69 Å². The van der Waals surface area contributed by atoms with Crippen LogP contribution in [0.2, 0.25) is 5.02 Å². The lowest BCUT2D eigenvalue weighted by Gasteiger charge is -2.34. The molecule has 2 heterocycles. The highest BCUT2D eigenvalue weighted by atomic mass is 35.5. The van der Waals surface area contributed by atoms with Gasteiger partial charge in [0.05, 0.1) is 10.6 Å². The molecule has 4 rings (SSSR count). The molecule has 0 unspecified atom stereocenters. The largest absolute Gasteiger partial charge is 0.482 e. The van der Waals surface area contributed by atoms with Gasteiger partial charge in [0, 0.05) is 24.7 Å². The summed E-state index contributed by atoms with van der Waals surface area (Å²) in [7, 11) is -3.75. The van der Waals surface area contributed by atoms with Gasteiger partial charge in [-0.25, -0.2) is 8.42 Å². The maximum absolute atomic E-state index is 13.4. The average Bonchev–Trinajstić information content (AvgIpc) is 2.79. The second kappa shape index (κ2) is 9.93. The van der Waals surface area contributed by atoms with Crippen LogP contribution in [-0.2, 0) is 26.2 Å². The van der Waals surface area contributed by atoms with Gasteiger partial charge in [-0.05, 0) is 54.2 Å². The Morgan fingerprint density at radius 3 is 2.47 bits per heavy atom. The smallest absolute Gasteiger partial charge is 0.265 e. The van der Waals surface area contributed by atoms with Crippen LogP contribution < -0.4 is 15.0 Å². The highest BCUT2D eigenvalue weighted by Gasteiger charge is 2.34. The Balaban J connectivity index is 1.53. The van der Waals surface area contributed by atoms with Crippen molar-refractivity contribution in [2.24, 2.45) is 11.8 Å². The van der Waals surface area contributed by atoms with Crippen LogP contribution in [0.25, 0.3) is 0 Å². The second-order valence-corrected chi connectivity index (χ2v) is 11.4. The standard InChI is InChI=1S/C24H28ClN3O5S/c1-16-9-17(2)13-27(12-16)34(31,32)20-7-8-22-21(10-20)28(24(30)15-33-22)14-23(29)26-11-18-3-5-19(25)6-4-18/h3-8,10,16-17H,9,11-15H2,1-2H3,(H,26,29)/t16-,17-/m1/s1. The van der Waals surface area contributed by atoms with E-state index in [0.717, 1.165) is 12.0 Å². The van der Waals surface area contributed by atoms with Gasteiger partial charge in [-0.1, -0.05) is 37.6 Å². The number of carbonyl (C=O) groups excluding carboxylic acids is 2. The second-order valence-electron chi connectivity index (χ2n) is 9.07.